The highest BCUT2D eigenvalue weighted by molar-refractivity contribution is 7.89. The van der Waals surface area contributed by atoms with Gasteiger partial charge in [0.1, 0.15) is 5.69 Å². The van der Waals surface area contributed by atoms with E-state index in [1.807, 2.05) is 12.1 Å². The number of aryl methyl sites for hydroxylation is 3. The van der Waals surface area contributed by atoms with E-state index in [2.05, 4.69) is 4.98 Å². The number of hydrogen-bond acceptors (Lipinski definition) is 4. The molecule has 8 heteroatoms. The minimum Gasteiger partial charge on any atom is -0.354 e. The predicted molar refractivity (Wildman–Crippen MR) is 113 cm³/mol. The SMILES string of the molecule is CC(=O)c1c(C)[nH]c(C(=O)N2CCN(S(=O)(=O)c3ccc4c(c3)CCC4)CC2)c1C. The van der Waals surface area contributed by atoms with E-state index in [1.54, 1.807) is 24.8 Å². The third-order valence-electron chi connectivity index (χ3n) is 6.24. The van der Waals surface area contributed by atoms with Crippen LogP contribution in [0.2, 0.25) is 0 Å². The summed E-state index contributed by atoms with van der Waals surface area (Å²) in [6.45, 7) is 6.17. The monoisotopic (exact) mass is 429 g/mol. The predicted octanol–water partition coefficient (Wildman–Crippen LogP) is 2.47. The molecule has 2 heterocycles. The molecule has 7 nitrogen and oxygen atoms in total. The third kappa shape index (κ3) is 3.48. The zero-order valence-electron chi connectivity index (χ0n) is 17.6. The Kier molecular flexibility index (Phi) is 5.32. The van der Waals surface area contributed by atoms with Gasteiger partial charge in [0.25, 0.3) is 5.91 Å². The minimum atomic E-state index is -3.58. The third-order valence-corrected chi connectivity index (χ3v) is 8.13. The van der Waals surface area contributed by atoms with Crippen LogP contribution in [-0.2, 0) is 22.9 Å². The van der Waals surface area contributed by atoms with Crippen LogP contribution in [0, 0.1) is 13.8 Å². The zero-order chi connectivity index (χ0) is 21.6. The van der Waals surface area contributed by atoms with Gasteiger partial charge >= 0.3 is 0 Å². The Morgan fingerprint density at radius 1 is 1.00 bits per heavy atom. The fraction of sp³-hybridized carbons (Fsp3) is 0.455. The second kappa shape index (κ2) is 7.67. The van der Waals surface area contributed by atoms with E-state index in [0.29, 0.717) is 40.5 Å². The molecule has 1 aliphatic carbocycles. The van der Waals surface area contributed by atoms with Crippen molar-refractivity contribution in [2.24, 2.45) is 0 Å². The molecule has 1 N–H and O–H groups in total. The van der Waals surface area contributed by atoms with E-state index < -0.39 is 10.0 Å². The second-order valence-electron chi connectivity index (χ2n) is 8.16. The lowest BCUT2D eigenvalue weighted by atomic mass is 10.1. The van der Waals surface area contributed by atoms with Crippen LogP contribution in [0.5, 0.6) is 0 Å². The van der Waals surface area contributed by atoms with Crippen LogP contribution in [0.15, 0.2) is 23.1 Å². The number of Topliss-reactive ketones (excluding diaryl/α,β-unsaturated/α-hetero) is 1. The first-order chi connectivity index (χ1) is 14.2. The zero-order valence-corrected chi connectivity index (χ0v) is 18.4. The molecule has 1 fully saturated rings. The summed E-state index contributed by atoms with van der Waals surface area (Å²) in [6, 6.07) is 5.44. The molecular weight excluding hydrogens is 402 g/mol. The van der Waals surface area contributed by atoms with Gasteiger partial charge in [-0.2, -0.15) is 4.31 Å². The molecule has 30 heavy (non-hydrogen) atoms. The van der Waals surface area contributed by atoms with E-state index in [4.69, 9.17) is 0 Å². The van der Waals surface area contributed by atoms with Crippen molar-refractivity contribution in [2.75, 3.05) is 26.2 Å². The molecule has 2 aromatic rings. The number of nitrogens with zero attached hydrogens (tertiary/aromatic N) is 2. The first-order valence-electron chi connectivity index (χ1n) is 10.3. The summed E-state index contributed by atoms with van der Waals surface area (Å²) < 4.78 is 27.6. The van der Waals surface area contributed by atoms with E-state index in [0.717, 1.165) is 24.8 Å². The molecule has 0 atom stereocenters. The minimum absolute atomic E-state index is 0.0782. The number of amides is 1. The van der Waals surface area contributed by atoms with Crippen molar-refractivity contribution in [2.45, 2.75) is 44.9 Å². The van der Waals surface area contributed by atoms with Gasteiger partial charge < -0.3 is 9.88 Å². The van der Waals surface area contributed by atoms with E-state index in [9.17, 15) is 18.0 Å². The molecule has 0 bridgehead atoms. The molecule has 4 rings (SSSR count). The maximum absolute atomic E-state index is 13.1. The first kappa shape index (κ1) is 20.8. The molecule has 0 saturated carbocycles. The van der Waals surface area contributed by atoms with E-state index in [-0.39, 0.29) is 24.8 Å². The number of rotatable bonds is 4. The maximum atomic E-state index is 13.1. The van der Waals surface area contributed by atoms with Crippen LogP contribution in [0.3, 0.4) is 0 Å². The quantitative estimate of drug-likeness (QED) is 0.756. The summed E-state index contributed by atoms with van der Waals surface area (Å²) in [5.41, 5.74) is 4.66. The number of benzene rings is 1. The number of H-pyrrole nitrogens is 1. The summed E-state index contributed by atoms with van der Waals surface area (Å²) >= 11 is 0. The molecule has 2 aliphatic rings. The Bertz CT molecular complexity index is 1130. The molecular formula is C22H27N3O4S. The fourth-order valence-electron chi connectivity index (χ4n) is 4.64. The number of piperazine rings is 1. The summed E-state index contributed by atoms with van der Waals surface area (Å²) in [4.78, 5) is 29.8. The molecule has 0 radical (unpaired) electrons. The van der Waals surface area contributed by atoms with Crippen molar-refractivity contribution in [3.63, 3.8) is 0 Å². The summed E-state index contributed by atoms with van der Waals surface area (Å²) in [7, 11) is -3.58. The van der Waals surface area contributed by atoms with Crippen molar-refractivity contribution in [1.82, 2.24) is 14.2 Å². The molecule has 1 aromatic heterocycles. The van der Waals surface area contributed by atoms with Gasteiger partial charge in [-0.15, -0.1) is 0 Å². The van der Waals surface area contributed by atoms with Gasteiger partial charge in [-0.25, -0.2) is 8.42 Å². The normalized spacial score (nSPS) is 17.2. The molecule has 0 spiro atoms. The first-order valence-corrected chi connectivity index (χ1v) is 11.8. The van der Waals surface area contributed by atoms with Gasteiger partial charge in [-0.3, -0.25) is 9.59 Å². The number of aromatic amines is 1. The van der Waals surface area contributed by atoms with Crippen molar-refractivity contribution in [3.8, 4) is 0 Å². The number of fused-ring (bicyclic) bond motifs is 1. The highest BCUT2D eigenvalue weighted by Gasteiger charge is 2.32. The van der Waals surface area contributed by atoms with Crippen LogP contribution in [0.25, 0.3) is 0 Å². The van der Waals surface area contributed by atoms with Crippen LogP contribution in [0.4, 0.5) is 0 Å². The van der Waals surface area contributed by atoms with E-state index in [1.165, 1.54) is 16.8 Å². The second-order valence-corrected chi connectivity index (χ2v) is 10.1. The van der Waals surface area contributed by atoms with Crippen LogP contribution < -0.4 is 0 Å². The van der Waals surface area contributed by atoms with Gasteiger partial charge in [0.05, 0.1) is 4.90 Å². The topological polar surface area (TPSA) is 90.6 Å². The Hall–Kier alpha value is -2.45. The van der Waals surface area contributed by atoms with Crippen molar-refractivity contribution < 1.29 is 18.0 Å². The Balaban J connectivity index is 1.48. The van der Waals surface area contributed by atoms with E-state index >= 15 is 0 Å². The summed E-state index contributed by atoms with van der Waals surface area (Å²) in [5, 5.41) is 0. The molecule has 1 saturated heterocycles. The van der Waals surface area contributed by atoms with Crippen molar-refractivity contribution in [3.05, 3.63) is 51.8 Å². The molecule has 1 aromatic carbocycles. The van der Waals surface area contributed by atoms with Crippen LogP contribution in [-0.4, -0.2) is 60.5 Å². The highest BCUT2D eigenvalue weighted by Crippen LogP contribution is 2.27. The molecule has 0 unspecified atom stereocenters. The highest BCUT2D eigenvalue weighted by atomic mass is 32.2. The lowest BCUT2D eigenvalue weighted by Crippen LogP contribution is -2.50. The lowest BCUT2D eigenvalue weighted by molar-refractivity contribution is 0.0691. The smallest absolute Gasteiger partial charge is 0.270 e. The number of carbonyl (C=O) groups is 2. The molecule has 160 valence electrons. The van der Waals surface area contributed by atoms with Gasteiger partial charge in [0.15, 0.2) is 5.78 Å². The number of ketones is 1. The number of carbonyl (C=O) groups excluding carboxylic acids is 2. The van der Waals surface area contributed by atoms with Gasteiger partial charge in [0, 0.05) is 37.4 Å². The Morgan fingerprint density at radius 3 is 2.30 bits per heavy atom. The average Bonchev–Trinajstić information content (AvgIpc) is 3.30. The molecule has 1 amide bonds. The Labute approximate surface area is 177 Å². The van der Waals surface area contributed by atoms with Crippen molar-refractivity contribution in [1.29, 1.82) is 0 Å². The van der Waals surface area contributed by atoms with Gasteiger partial charge in [0.2, 0.25) is 10.0 Å². The van der Waals surface area contributed by atoms with Crippen molar-refractivity contribution >= 4 is 21.7 Å². The van der Waals surface area contributed by atoms with Crippen LogP contribution in [0.1, 0.15) is 56.6 Å². The lowest BCUT2D eigenvalue weighted by Gasteiger charge is -2.34. The summed E-state index contributed by atoms with van der Waals surface area (Å²) in [6.07, 6.45) is 3.01. The van der Waals surface area contributed by atoms with Gasteiger partial charge in [-0.05, 0) is 68.9 Å². The Morgan fingerprint density at radius 2 is 1.67 bits per heavy atom. The number of aromatic nitrogens is 1. The van der Waals surface area contributed by atoms with Gasteiger partial charge in [-0.1, -0.05) is 6.07 Å². The summed E-state index contributed by atoms with van der Waals surface area (Å²) in [5.74, 6) is -0.275. The maximum Gasteiger partial charge on any atom is 0.270 e. The fourth-order valence-corrected chi connectivity index (χ4v) is 6.11. The largest absolute Gasteiger partial charge is 0.354 e. The standard InChI is InChI=1S/C22H27N3O4S/c1-14-20(16(3)26)15(2)23-21(14)22(27)24-9-11-25(12-10-24)30(28,29)19-8-7-17-5-4-6-18(17)13-19/h7-8,13,23H,4-6,9-12H2,1-3H3. The number of sulfonamides is 1. The van der Waals surface area contributed by atoms with Crippen LogP contribution >= 0.6 is 0 Å². The molecule has 1 aliphatic heterocycles. The number of hydrogen-bond donors (Lipinski definition) is 1. The number of nitrogens with one attached hydrogen (secondary N) is 1. The average molecular weight is 430 g/mol.